The number of halogens is 1. The number of para-hydroxylation sites is 2. The van der Waals surface area contributed by atoms with E-state index in [9.17, 15) is 18.8 Å². The number of urea groups is 1. The zero-order valence-corrected chi connectivity index (χ0v) is 15.6. The first kappa shape index (κ1) is 19.5. The van der Waals surface area contributed by atoms with E-state index < -0.39 is 12.1 Å². The summed E-state index contributed by atoms with van der Waals surface area (Å²) >= 11 is 0. The molecule has 0 unspecified atom stereocenters. The Balaban J connectivity index is 1.67. The second-order valence-electron chi connectivity index (χ2n) is 6.71. The lowest BCUT2D eigenvalue weighted by Gasteiger charge is -2.20. The van der Waals surface area contributed by atoms with Gasteiger partial charge in [0.15, 0.2) is 0 Å². The lowest BCUT2D eigenvalue weighted by atomic mass is 10.2. The van der Waals surface area contributed by atoms with Crippen LogP contribution < -0.4 is 15.5 Å². The van der Waals surface area contributed by atoms with Crippen LogP contribution in [0.3, 0.4) is 0 Å². The van der Waals surface area contributed by atoms with Gasteiger partial charge in [-0.15, -0.1) is 0 Å². The van der Waals surface area contributed by atoms with Gasteiger partial charge in [-0.05, 0) is 43.8 Å². The van der Waals surface area contributed by atoms with Crippen molar-refractivity contribution in [2.24, 2.45) is 0 Å². The van der Waals surface area contributed by atoms with Crippen LogP contribution in [0, 0.1) is 5.82 Å². The molecule has 7 nitrogen and oxygen atoms in total. The van der Waals surface area contributed by atoms with Crippen LogP contribution in [0.4, 0.5) is 20.6 Å². The Labute approximate surface area is 162 Å². The predicted molar refractivity (Wildman–Crippen MR) is 103 cm³/mol. The number of hydrogen-bond donors (Lipinski definition) is 2. The van der Waals surface area contributed by atoms with Gasteiger partial charge in [0, 0.05) is 6.54 Å². The van der Waals surface area contributed by atoms with Crippen LogP contribution in [0.5, 0.6) is 0 Å². The molecule has 3 rings (SSSR count). The molecule has 1 fully saturated rings. The Morgan fingerprint density at radius 2 is 1.86 bits per heavy atom. The molecule has 4 amide bonds. The summed E-state index contributed by atoms with van der Waals surface area (Å²) in [5.41, 5.74) is 1.58. The molecule has 2 N–H and O–H groups in total. The van der Waals surface area contributed by atoms with Gasteiger partial charge in [-0.3, -0.25) is 14.5 Å². The van der Waals surface area contributed by atoms with Crippen LogP contribution in [0.25, 0.3) is 0 Å². The topological polar surface area (TPSA) is 81.8 Å². The van der Waals surface area contributed by atoms with Crippen molar-refractivity contribution in [2.45, 2.75) is 19.5 Å². The monoisotopic (exact) mass is 384 g/mol. The first-order chi connectivity index (χ1) is 13.3. The third-order valence-corrected chi connectivity index (χ3v) is 4.33. The molecule has 1 heterocycles. The maximum atomic E-state index is 13.0. The molecule has 8 heteroatoms. The second kappa shape index (κ2) is 8.18. The summed E-state index contributed by atoms with van der Waals surface area (Å²) in [4.78, 5) is 39.6. The first-order valence-electron chi connectivity index (χ1n) is 8.81. The van der Waals surface area contributed by atoms with Crippen molar-refractivity contribution in [1.82, 2.24) is 10.2 Å². The molecule has 2 aromatic carbocycles. The lowest BCUT2D eigenvalue weighted by molar-refractivity contribution is -0.118. The fourth-order valence-corrected chi connectivity index (χ4v) is 3.00. The Morgan fingerprint density at radius 1 is 1.18 bits per heavy atom. The number of imide groups is 1. The van der Waals surface area contributed by atoms with Crippen molar-refractivity contribution in [2.75, 3.05) is 23.8 Å². The molecule has 0 aliphatic carbocycles. The van der Waals surface area contributed by atoms with Crippen molar-refractivity contribution >= 4 is 29.2 Å². The molecule has 0 saturated carbocycles. The fourth-order valence-electron chi connectivity index (χ4n) is 3.00. The van der Waals surface area contributed by atoms with E-state index in [1.54, 1.807) is 55.3 Å². The molecule has 0 radical (unpaired) electrons. The largest absolute Gasteiger partial charge is 0.329 e. The van der Waals surface area contributed by atoms with Gasteiger partial charge in [-0.25, -0.2) is 14.1 Å². The average Bonchev–Trinajstić information content (AvgIpc) is 2.89. The molecular weight excluding hydrogens is 363 g/mol. The highest BCUT2D eigenvalue weighted by Gasteiger charge is 2.37. The zero-order valence-electron chi connectivity index (χ0n) is 15.6. The Bertz CT molecular complexity index is 901. The number of anilines is 2. The number of rotatable bonds is 6. The van der Waals surface area contributed by atoms with Gasteiger partial charge >= 0.3 is 6.03 Å². The number of nitrogens with zero attached hydrogens (tertiary/aromatic N) is 2. The smallest absolute Gasteiger partial charge is 0.326 e. The summed E-state index contributed by atoms with van der Waals surface area (Å²) in [6.45, 7) is 2.16. The van der Waals surface area contributed by atoms with Crippen LogP contribution >= 0.6 is 0 Å². The third-order valence-electron chi connectivity index (χ3n) is 4.33. The van der Waals surface area contributed by atoms with Gasteiger partial charge in [0.2, 0.25) is 5.91 Å². The average molecular weight is 384 g/mol. The van der Waals surface area contributed by atoms with Crippen molar-refractivity contribution < 1.29 is 18.8 Å². The summed E-state index contributed by atoms with van der Waals surface area (Å²) in [5.74, 6) is -0.979. The maximum Gasteiger partial charge on any atom is 0.329 e. The van der Waals surface area contributed by atoms with E-state index in [-0.39, 0.29) is 24.2 Å². The molecule has 28 heavy (non-hydrogen) atoms. The quantitative estimate of drug-likeness (QED) is 0.749. The minimum atomic E-state index is -0.613. The Kier molecular flexibility index (Phi) is 5.70. The summed E-state index contributed by atoms with van der Waals surface area (Å²) in [5, 5.41) is 5.30. The van der Waals surface area contributed by atoms with E-state index in [1.807, 2.05) is 0 Å². The minimum Gasteiger partial charge on any atom is -0.326 e. The van der Waals surface area contributed by atoms with E-state index >= 15 is 0 Å². The third kappa shape index (κ3) is 4.34. The van der Waals surface area contributed by atoms with Crippen LogP contribution in [0.15, 0.2) is 48.5 Å². The summed E-state index contributed by atoms with van der Waals surface area (Å²) < 4.78 is 13.0. The van der Waals surface area contributed by atoms with E-state index in [1.165, 1.54) is 12.1 Å². The number of carbonyl (C=O) groups is 3. The highest BCUT2D eigenvalue weighted by atomic mass is 19.1. The summed E-state index contributed by atoms with van der Waals surface area (Å²) in [6, 6.07) is 11.6. The van der Waals surface area contributed by atoms with Crippen molar-refractivity contribution in [3.63, 3.8) is 0 Å². The molecule has 0 aromatic heterocycles. The number of benzene rings is 2. The number of carbonyl (C=O) groups excluding carboxylic acids is 3. The van der Waals surface area contributed by atoms with Gasteiger partial charge in [0.05, 0.1) is 17.9 Å². The standard InChI is InChI=1S/C20H21FN4O3/c1-13-19(27)25(20(28)22-13)17-6-4-3-5-16(17)23-18(26)12-24(2)11-14-7-9-15(21)10-8-14/h3-10,13H,11-12H2,1-2H3,(H,22,28)(H,23,26)/t13-/m0/s1. The SMILES string of the molecule is C[C@@H]1NC(=O)N(c2ccccc2NC(=O)CN(C)Cc2ccc(F)cc2)C1=O. The molecule has 1 saturated heterocycles. The van der Waals surface area contributed by atoms with E-state index in [4.69, 9.17) is 0 Å². The number of hydrogen-bond acceptors (Lipinski definition) is 4. The van der Waals surface area contributed by atoms with Crippen LogP contribution in [-0.2, 0) is 16.1 Å². The van der Waals surface area contributed by atoms with Crippen molar-refractivity contribution in [3.05, 3.63) is 59.9 Å². The maximum absolute atomic E-state index is 13.0. The molecule has 0 bridgehead atoms. The highest BCUT2D eigenvalue weighted by molar-refractivity contribution is 6.23. The van der Waals surface area contributed by atoms with E-state index in [0.717, 1.165) is 10.5 Å². The fraction of sp³-hybridized carbons (Fsp3) is 0.250. The van der Waals surface area contributed by atoms with Crippen molar-refractivity contribution in [1.29, 1.82) is 0 Å². The van der Waals surface area contributed by atoms with Gasteiger partial charge in [-0.1, -0.05) is 24.3 Å². The molecule has 1 aliphatic heterocycles. The van der Waals surface area contributed by atoms with Crippen LogP contribution in [-0.4, -0.2) is 42.4 Å². The molecule has 146 valence electrons. The lowest BCUT2D eigenvalue weighted by Crippen LogP contribution is -2.33. The number of amides is 4. The van der Waals surface area contributed by atoms with Gasteiger partial charge in [-0.2, -0.15) is 0 Å². The summed E-state index contributed by atoms with van der Waals surface area (Å²) in [7, 11) is 1.77. The van der Waals surface area contributed by atoms with E-state index in [0.29, 0.717) is 17.9 Å². The molecule has 0 spiro atoms. The van der Waals surface area contributed by atoms with Crippen LogP contribution in [0.2, 0.25) is 0 Å². The van der Waals surface area contributed by atoms with Crippen molar-refractivity contribution in [3.8, 4) is 0 Å². The highest BCUT2D eigenvalue weighted by Crippen LogP contribution is 2.28. The summed E-state index contributed by atoms with van der Waals surface area (Å²) in [6.07, 6.45) is 0. The zero-order chi connectivity index (χ0) is 20.3. The van der Waals surface area contributed by atoms with E-state index in [2.05, 4.69) is 10.6 Å². The second-order valence-corrected chi connectivity index (χ2v) is 6.71. The van der Waals surface area contributed by atoms with Crippen LogP contribution in [0.1, 0.15) is 12.5 Å². The Hall–Kier alpha value is -3.26. The number of nitrogens with one attached hydrogen (secondary N) is 2. The van der Waals surface area contributed by atoms with Gasteiger partial charge in [0.25, 0.3) is 5.91 Å². The van der Waals surface area contributed by atoms with Gasteiger partial charge in [0.1, 0.15) is 11.9 Å². The Morgan fingerprint density at radius 3 is 2.50 bits per heavy atom. The molecular formula is C20H21FN4O3. The molecule has 2 aromatic rings. The number of likely N-dealkylation sites (N-methyl/N-ethyl adjacent to an activating group) is 1. The molecule has 1 aliphatic rings. The van der Waals surface area contributed by atoms with Gasteiger partial charge < -0.3 is 10.6 Å². The molecule has 1 atom stereocenters. The minimum absolute atomic E-state index is 0.0856. The normalized spacial score (nSPS) is 16.4. The first-order valence-corrected chi connectivity index (χ1v) is 8.81. The predicted octanol–water partition coefficient (Wildman–Crippen LogP) is 2.34.